The SMILES string of the molecule is N#C/C(=N\Nc1cccc2cnn(C3CCCCO3)c12)C(=N)N. The number of ether oxygens (including phenoxy) is 1. The molecule has 2 heterocycles. The number of nitrogens with one attached hydrogen (secondary N) is 2. The lowest BCUT2D eigenvalue weighted by Gasteiger charge is -2.24. The highest BCUT2D eigenvalue weighted by Crippen LogP contribution is 2.30. The van der Waals surface area contributed by atoms with Crippen molar-refractivity contribution in [2.75, 3.05) is 12.0 Å². The minimum atomic E-state index is -0.378. The second-order valence-electron chi connectivity index (χ2n) is 5.25. The molecule has 0 amide bonds. The molecule has 0 bridgehead atoms. The lowest BCUT2D eigenvalue weighted by atomic mass is 10.2. The Morgan fingerprint density at radius 3 is 3.09 bits per heavy atom. The van der Waals surface area contributed by atoms with Crippen LogP contribution in [0.25, 0.3) is 10.9 Å². The van der Waals surface area contributed by atoms with Crippen molar-refractivity contribution in [3.05, 3.63) is 24.4 Å². The van der Waals surface area contributed by atoms with Crippen molar-refractivity contribution < 1.29 is 4.74 Å². The van der Waals surface area contributed by atoms with Gasteiger partial charge in [-0.3, -0.25) is 10.8 Å². The number of nitrogens with zero attached hydrogens (tertiary/aromatic N) is 4. The zero-order chi connectivity index (χ0) is 16.2. The molecule has 0 aliphatic carbocycles. The number of hydrogen-bond donors (Lipinski definition) is 3. The molecule has 1 aromatic carbocycles. The molecule has 8 nitrogen and oxygen atoms in total. The standard InChI is InChI=1S/C15H17N7O/c16-8-12(15(17)18)21-20-11-5-3-4-10-9-19-22(14(10)11)13-6-1-2-7-23-13/h3-5,9,13,20H,1-2,6-7H2,(H3,17,18)/b21-12+. The molecule has 1 aliphatic rings. The van der Waals surface area contributed by atoms with E-state index in [1.807, 2.05) is 22.9 Å². The largest absolute Gasteiger partial charge is 0.382 e. The van der Waals surface area contributed by atoms with Gasteiger partial charge in [0.2, 0.25) is 5.71 Å². The van der Waals surface area contributed by atoms with E-state index in [0.717, 1.165) is 36.8 Å². The maximum atomic E-state index is 8.93. The Bertz CT molecular complexity index is 796. The predicted octanol–water partition coefficient (Wildman–Crippen LogP) is 1.96. The van der Waals surface area contributed by atoms with Crippen molar-refractivity contribution in [2.24, 2.45) is 10.8 Å². The summed E-state index contributed by atoms with van der Waals surface area (Å²) in [5.41, 5.74) is 9.49. The lowest BCUT2D eigenvalue weighted by Crippen LogP contribution is -2.22. The van der Waals surface area contributed by atoms with Crippen LogP contribution in [-0.2, 0) is 4.74 Å². The summed E-state index contributed by atoms with van der Waals surface area (Å²) in [5, 5.41) is 25.5. The normalized spacial score (nSPS) is 18.6. The van der Waals surface area contributed by atoms with Crippen LogP contribution >= 0.6 is 0 Å². The first-order chi connectivity index (χ1) is 11.2. The molecule has 0 spiro atoms. The lowest BCUT2D eigenvalue weighted by molar-refractivity contribution is -0.0366. The number of para-hydroxylation sites is 1. The zero-order valence-corrected chi connectivity index (χ0v) is 12.5. The first kappa shape index (κ1) is 15.0. The molecule has 23 heavy (non-hydrogen) atoms. The van der Waals surface area contributed by atoms with Gasteiger partial charge in [-0.05, 0) is 25.3 Å². The number of benzene rings is 1. The fraction of sp³-hybridized carbons (Fsp3) is 0.333. The number of hydrazone groups is 1. The maximum absolute atomic E-state index is 8.93. The van der Waals surface area contributed by atoms with Gasteiger partial charge in [0.05, 0.1) is 17.4 Å². The van der Waals surface area contributed by atoms with Crippen LogP contribution in [0.2, 0.25) is 0 Å². The molecular weight excluding hydrogens is 294 g/mol. The van der Waals surface area contributed by atoms with E-state index in [-0.39, 0.29) is 17.8 Å². The molecule has 2 aromatic rings. The second-order valence-corrected chi connectivity index (χ2v) is 5.25. The van der Waals surface area contributed by atoms with E-state index in [2.05, 4.69) is 15.6 Å². The number of fused-ring (bicyclic) bond motifs is 1. The van der Waals surface area contributed by atoms with Gasteiger partial charge in [-0.1, -0.05) is 12.1 Å². The number of hydrogen-bond acceptors (Lipinski definition) is 6. The third-order valence-electron chi connectivity index (χ3n) is 3.70. The summed E-state index contributed by atoms with van der Waals surface area (Å²) < 4.78 is 7.64. The first-order valence-electron chi connectivity index (χ1n) is 7.36. The summed E-state index contributed by atoms with van der Waals surface area (Å²) in [6, 6.07) is 7.44. The molecule has 118 valence electrons. The van der Waals surface area contributed by atoms with Crippen LogP contribution in [-0.4, -0.2) is 27.9 Å². The third-order valence-corrected chi connectivity index (χ3v) is 3.70. The molecule has 1 fully saturated rings. The van der Waals surface area contributed by atoms with Gasteiger partial charge in [0.15, 0.2) is 12.1 Å². The summed E-state index contributed by atoms with van der Waals surface area (Å²) in [6.07, 6.45) is 4.75. The summed E-state index contributed by atoms with van der Waals surface area (Å²) in [7, 11) is 0. The van der Waals surface area contributed by atoms with Crippen molar-refractivity contribution in [2.45, 2.75) is 25.5 Å². The molecule has 1 unspecified atom stereocenters. The van der Waals surface area contributed by atoms with E-state index in [4.69, 9.17) is 21.1 Å². The van der Waals surface area contributed by atoms with Crippen LogP contribution in [0.15, 0.2) is 29.5 Å². The van der Waals surface area contributed by atoms with Crippen LogP contribution in [0.3, 0.4) is 0 Å². The molecule has 1 aromatic heterocycles. The summed E-state index contributed by atoms with van der Waals surface area (Å²) in [6.45, 7) is 0.725. The van der Waals surface area contributed by atoms with Crippen molar-refractivity contribution in [1.29, 1.82) is 10.7 Å². The molecule has 3 rings (SSSR count). The Balaban J connectivity index is 1.98. The maximum Gasteiger partial charge on any atom is 0.201 e. The predicted molar refractivity (Wildman–Crippen MR) is 87.2 cm³/mol. The second kappa shape index (κ2) is 6.46. The number of nitrogens with two attached hydrogens (primary N) is 1. The number of nitriles is 1. The fourth-order valence-corrected chi connectivity index (χ4v) is 2.59. The molecule has 0 radical (unpaired) electrons. The summed E-state index contributed by atoms with van der Waals surface area (Å²) in [5.74, 6) is -0.378. The van der Waals surface area contributed by atoms with E-state index < -0.39 is 0 Å². The Hall–Kier alpha value is -2.92. The molecular formula is C15H17N7O. The number of amidine groups is 1. The van der Waals surface area contributed by atoms with E-state index in [1.54, 1.807) is 12.3 Å². The van der Waals surface area contributed by atoms with Gasteiger partial charge in [0.25, 0.3) is 0 Å². The highest BCUT2D eigenvalue weighted by atomic mass is 16.5. The minimum absolute atomic E-state index is 0.101. The van der Waals surface area contributed by atoms with Gasteiger partial charge in [-0.25, -0.2) is 4.68 Å². The Labute approximate surface area is 133 Å². The Morgan fingerprint density at radius 1 is 1.52 bits per heavy atom. The summed E-state index contributed by atoms with van der Waals surface area (Å²) in [4.78, 5) is 0. The highest BCUT2D eigenvalue weighted by Gasteiger charge is 2.20. The van der Waals surface area contributed by atoms with E-state index in [1.165, 1.54) is 0 Å². The van der Waals surface area contributed by atoms with Crippen LogP contribution in [0.4, 0.5) is 5.69 Å². The van der Waals surface area contributed by atoms with Crippen molar-refractivity contribution in [1.82, 2.24) is 9.78 Å². The van der Waals surface area contributed by atoms with Crippen LogP contribution in [0.5, 0.6) is 0 Å². The van der Waals surface area contributed by atoms with Crippen LogP contribution in [0, 0.1) is 16.7 Å². The number of anilines is 1. The van der Waals surface area contributed by atoms with Crippen LogP contribution < -0.4 is 11.2 Å². The molecule has 1 saturated heterocycles. The van der Waals surface area contributed by atoms with Crippen molar-refractivity contribution >= 4 is 28.1 Å². The molecule has 1 aliphatic heterocycles. The van der Waals surface area contributed by atoms with Crippen LogP contribution in [0.1, 0.15) is 25.5 Å². The van der Waals surface area contributed by atoms with E-state index in [0.29, 0.717) is 5.69 Å². The molecule has 1 atom stereocenters. The zero-order valence-electron chi connectivity index (χ0n) is 12.5. The number of aromatic nitrogens is 2. The van der Waals surface area contributed by atoms with Gasteiger partial charge in [0.1, 0.15) is 6.07 Å². The monoisotopic (exact) mass is 311 g/mol. The average molecular weight is 311 g/mol. The molecule has 8 heteroatoms. The Morgan fingerprint density at radius 2 is 2.39 bits per heavy atom. The van der Waals surface area contributed by atoms with Gasteiger partial charge in [0, 0.05) is 12.0 Å². The topological polar surface area (TPSA) is 125 Å². The summed E-state index contributed by atoms with van der Waals surface area (Å²) >= 11 is 0. The van der Waals surface area contributed by atoms with Crippen molar-refractivity contribution in [3.8, 4) is 6.07 Å². The van der Waals surface area contributed by atoms with Gasteiger partial charge < -0.3 is 10.5 Å². The van der Waals surface area contributed by atoms with E-state index in [9.17, 15) is 0 Å². The third kappa shape index (κ3) is 3.00. The van der Waals surface area contributed by atoms with Gasteiger partial charge in [-0.15, -0.1) is 0 Å². The fourth-order valence-electron chi connectivity index (χ4n) is 2.59. The minimum Gasteiger partial charge on any atom is -0.382 e. The highest BCUT2D eigenvalue weighted by molar-refractivity contribution is 6.45. The van der Waals surface area contributed by atoms with E-state index >= 15 is 0 Å². The molecule has 0 saturated carbocycles. The van der Waals surface area contributed by atoms with Gasteiger partial charge >= 0.3 is 0 Å². The molecule has 4 N–H and O–H groups in total. The van der Waals surface area contributed by atoms with Gasteiger partial charge in [-0.2, -0.15) is 15.5 Å². The Kier molecular flexibility index (Phi) is 4.21. The average Bonchev–Trinajstić information content (AvgIpc) is 3.01. The smallest absolute Gasteiger partial charge is 0.201 e. The van der Waals surface area contributed by atoms with Crippen molar-refractivity contribution in [3.63, 3.8) is 0 Å². The first-order valence-corrected chi connectivity index (χ1v) is 7.36. The quantitative estimate of drug-likeness (QED) is 0.452. The number of rotatable bonds is 4.